The molecule has 0 saturated heterocycles. The summed E-state index contributed by atoms with van der Waals surface area (Å²) < 4.78 is 9.65. The zero-order chi connectivity index (χ0) is 29.9. The van der Waals surface area contributed by atoms with Gasteiger partial charge in [-0.05, 0) is 83.6 Å². The molecule has 6 rings (SSSR count). The van der Waals surface area contributed by atoms with Gasteiger partial charge in [0.2, 0.25) is 17.1 Å². The predicted octanol–water partition coefficient (Wildman–Crippen LogP) is 7.32. The van der Waals surface area contributed by atoms with Crippen molar-refractivity contribution in [3.63, 3.8) is 0 Å². The molecule has 0 saturated carbocycles. The van der Waals surface area contributed by atoms with Crippen molar-refractivity contribution >= 4 is 38.8 Å². The fraction of sp³-hybridized carbons (Fsp3) is 0.405. The third-order valence-corrected chi connectivity index (χ3v) is 11.4. The third kappa shape index (κ3) is 3.46. The van der Waals surface area contributed by atoms with Crippen LogP contribution >= 0.6 is 0 Å². The molecule has 41 heavy (non-hydrogen) atoms. The van der Waals surface area contributed by atoms with E-state index in [0.29, 0.717) is 5.92 Å². The van der Waals surface area contributed by atoms with E-state index in [-0.39, 0.29) is 5.41 Å². The molecule has 0 radical (unpaired) electrons. The zero-order valence-corrected chi connectivity index (χ0v) is 27.3. The number of aryl methyl sites for hydroxylation is 6. The molecule has 3 aromatic rings. The fourth-order valence-electron chi connectivity index (χ4n) is 7.81. The molecule has 0 spiro atoms. The van der Waals surface area contributed by atoms with Crippen molar-refractivity contribution in [2.75, 3.05) is 0 Å². The van der Waals surface area contributed by atoms with E-state index < -0.39 is 0 Å². The Kier molecular flexibility index (Phi) is 5.98. The standard InChI is InChI=1S/C37H46N4/c1-20-14-15-28-35-18-33-24(5)23(4)31(39(33)11)16-29-21(2)22(3)30(38(29)10)17-32-25(6)26(7)34(40(32)12)19-36(41(35)13)37(28,9)27(20)8/h14-19,27H,1-13H3/q+2. The van der Waals surface area contributed by atoms with Crippen molar-refractivity contribution in [3.8, 4) is 0 Å². The molecule has 3 aromatic heterocycles. The molecule has 0 amide bonds. The highest BCUT2D eigenvalue weighted by atomic mass is 15.0. The van der Waals surface area contributed by atoms with Gasteiger partial charge in [-0.25, -0.2) is 0 Å². The summed E-state index contributed by atoms with van der Waals surface area (Å²) in [7, 11) is 8.94. The lowest BCUT2D eigenvalue weighted by atomic mass is 9.65. The molecule has 0 aromatic carbocycles. The van der Waals surface area contributed by atoms with Crippen LogP contribution in [0.3, 0.4) is 0 Å². The van der Waals surface area contributed by atoms with E-state index in [4.69, 9.17) is 0 Å². The fourth-order valence-corrected chi connectivity index (χ4v) is 7.81. The molecule has 4 nitrogen and oxygen atoms in total. The smallest absolute Gasteiger partial charge is 0.211 e. The van der Waals surface area contributed by atoms with Gasteiger partial charge in [0, 0.05) is 55.1 Å². The van der Waals surface area contributed by atoms with Gasteiger partial charge >= 0.3 is 0 Å². The zero-order valence-electron chi connectivity index (χ0n) is 27.3. The molecule has 2 atom stereocenters. The molecule has 0 fully saturated rings. The summed E-state index contributed by atoms with van der Waals surface area (Å²) in [6.07, 6.45) is 4.71. The number of allylic oxidation sites excluding steroid dienone is 6. The first-order valence-corrected chi connectivity index (χ1v) is 15.0. The van der Waals surface area contributed by atoms with E-state index in [1.807, 2.05) is 0 Å². The molecule has 3 aliphatic rings. The first kappa shape index (κ1) is 27.5. The van der Waals surface area contributed by atoms with Crippen LogP contribution in [0.4, 0.5) is 0 Å². The van der Waals surface area contributed by atoms with Gasteiger partial charge < -0.3 is 9.13 Å². The molecule has 5 heterocycles. The summed E-state index contributed by atoms with van der Waals surface area (Å²) in [5.74, 6) is 0.393. The van der Waals surface area contributed by atoms with Crippen molar-refractivity contribution in [1.82, 2.24) is 9.13 Å². The first-order valence-electron chi connectivity index (χ1n) is 15.0. The van der Waals surface area contributed by atoms with Crippen LogP contribution in [0.5, 0.6) is 0 Å². The molecule has 212 valence electrons. The molecular weight excluding hydrogens is 500 g/mol. The van der Waals surface area contributed by atoms with Crippen molar-refractivity contribution in [1.29, 1.82) is 0 Å². The van der Waals surface area contributed by atoms with Crippen LogP contribution in [0.1, 0.15) is 79.6 Å². The Bertz CT molecular complexity index is 1970. The van der Waals surface area contributed by atoms with Crippen molar-refractivity contribution in [2.24, 2.45) is 34.1 Å². The Morgan fingerprint density at radius 2 is 1.02 bits per heavy atom. The van der Waals surface area contributed by atoms with E-state index in [9.17, 15) is 0 Å². The Balaban J connectivity index is 1.93. The Morgan fingerprint density at radius 1 is 0.610 bits per heavy atom. The maximum atomic E-state index is 2.48. The maximum Gasteiger partial charge on any atom is 0.211 e. The van der Waals surface area contributed by atoms with Crippen molar-refractivity contribution in [3.05, 3.63) is 87.0 Å². The number of hydrogen-bond acceptors (Lipinski definition) is 0. The molecule has 2 unspecified atom stereocenters. The number of hydrogen-bond donors (Lipinski definition) is 0. The van der Waals surface area contributed by atoms with Gasteiger partial charge in [-0.1, -0.05) is 24.6 Å². The highest BCUT2D eigenvalue weighted by Gasteiger charge is 2.52. The molecule has 4 heteroatoms. The van der Waals surface area contributed by atoms with Gasteiger partial charge in [0.15, 0.2) is 5.69 Å². The van der Waals surface area contributed by atoms with Crippen molar-refractivity contribution in [2.45, 2.75) is 67.7 Å². The average Bonchev–Trinajstić information content (AvgIpc) is 3.44. The van der Waals surface area contributed by atoms with Gasteiger partial charge in [-0.2, -0.15) is 9.13 Å². The van der Waals surface area contributed by atoms with E-state index in [1.165, 1.54) is 89.4 Å². The van der Waals surface area contributed by atoms with E-state index >= 15 is 0 Å². The third-order valence-electron chi connectivity index (χ3n) is 11.4. The molecule has 8 bridgehead atoms. The van der Waals surface area contributed by atoms with Crippen LogP contribution in [0.2, 0.25) is 0 Å². The highest BCUT2D eigenvalue weighted by Crippen LogP contribution is 2.50. The molecule has 1 aliphatic carbocycles. The van der Waals surface area contributed by atoms with E-state index in [1.54, 1.807) is 0 Å². The quantitative estimate of drug-likeness (QED) is 0.263. The maximum absolute atomic E-state index is 2.48. The minimum Gasteiger partial charge on any atom is -0.344 e. The minimum absolute atomic E-state index is 0.120. The normalized spacial score (nSPS) is 20.4. The predicted molar refractivity (Wildman–Crippen MR) is 172 cm³/mol. The van der Waals surface area contributed by atoms with Gasteiger partial charge in [0.05, 0.1) is 27.5 Å². The van der Waals surface area contributed by atoms with Crippen molar-refractivity contribution < 1.29 is 9.13 Å². The number of rotatable bonds is 0. The van der Waals surface area contributed by atoms with Crippen LogP contribution in [-0.4, -0.2) is 9.13 Å². The van der Waals surface area contributed by atoms with Crippen LogP contribution in [0.15, 0.2) is 42.0 Å². The van der Waals surface area contributed by atoms with E-state index in [2.05, 4.69) is 145 Å². The summed E-state index contributed by atoms with van der Waals surface area (Å²) >= 11 is 0. The lowest BCUT2D eigenvalue weighted by Gasteiger charge is -2.33. The van der Waals surface area contributed by atoms with Gasteiger partial charge in [-0.15, -0.1) is 0 Å². The van der Waals surface area contributed by atoms with E-state index in [0.717, 1.165) is 0 Å². The largest absolute Gasteiger partial charge is 0.344 e. The van der Waals surface area contributed by atoms with Gasteiger partial charge in [0.1, 0.15) is 14.1 Å². The Morgan fingerprint density at radius 3 is 1.49 bits per heavy atom. The summed E-state index contributed by atoms with van der Waals surface area (Å²) in [6, 6.07) is 9.71. The molecule has 0 N–H and O–H groups in total. The number of aromatic nitrogens is 4. The van der Waals surface area contributed by atoms with Gasteiger partial charge in [-0.3, -0.25) is 0 Å². The number of fused-ring (bicyclic) bond motifs is 11. The molecule has 2 aliphatic heterocycles. The van der Waals surface area contributed by atoms with Crippen LogP contribution in [0.25, 0.3) is 38.8 Å². The topological polar surface area (TPSA) is 17.6 Å². The van der Waals surface area contributed by atoms with Crippen LogP contribution < -0.4 is 9.13 Å². The second kappa shape index (κ2) is 8.92. The van der Waals surface area contributed by atoms with Gasteiger partial charge in [0.25, 0.3) is 0 Å². The molecular formula is C37H46N4+2. The lowest BCUT2D eigenvalue weighted by molar-refractivity contribution is -0.677. The summed E-state index contributed by atoms with van der Waals surface area (Å²) in [4.78, 5) is 0. The first-order chi connectivity index (χ1) is 19.2. The highest BCUT2D eigenvalue weighted by molar-refractivity contribution is 5.90. The summed E-state index contributed by atoms with van der Waals surface area (Å²) in [5, 5.41) is 0. The second-order valence-electron chi connectivity index (χ2n) is 13.1. The lowest BCUT2D eigenvalue weighted by Crippen LogP contribution is -2.38. The number of nitrogens with zero attached hydrogens (tertiary/aromatic N) is 4. The summed E-state index contributed by atoms with van der Waals surface area (Å²) in [5.41, 5.74) is 21.1. The monoisotopic (exact) mass is 546 g/mol. The summed E-state index contributed by atoms with van der Waals surface area (Å²) in [6.45, 7) is 20.8. The van der Waals surface area contributed by atoms with Crippen LogP contribution in [0, 0.1) is 33.6 Å². The SMILES string of the molecule is CC1=CC=C2c3cc4c(C)c(C)c(cc5[n+](C)c(cc6c(C)c(C)c(cc([n+]3C)C2(C)C1C)n6C)C(C)=C5C)n4C. The Labute approximate surface area is 245 Å². The minimum atomic E-state index is -0.120. The van der Waals surface area contributed by atoms with Crippen LogP contribution in [-0.2, 0) is 33.6 Å². The Hall–Kier alpha value is -3.66. The second-order valence-corrected chi connectivity index (χ2v) is 13.1. The average molecular weight is 547 g/mol.